The Morgan fingerprint density at radius 1 is 1.28 bits per heavy atom. The second-order valence-electron chi connectivity index (χ2n) is 7.27. The quantitative estimate of drug-likeness (QED) is 0.816. The Balaban J connectivity index is 2.19. The van der Waals surface area contributed by atoms with Gasteiger partial charge >= 0.3 is 0 Å². The van der Waals surface area contributed by atoms with Crippen LogP contribution in [0.15, 0.2) is 0 Å². The fourth-order valence-corrected chi connectivity index (χ4v) is 2.57. The van der Waals surface area contributed by atoms with Gasteiger partial charge in [0.05, 0.1) is 0 Å². The molecule has 2 N–H and O–H groups in total. The molecule has 3 heteroatoms. The molecule has 1 unspecified atom stereocenters. The lowest BCUT2D eigenvalue weighted by Crippen LogP contribution is -2.40. The van der Waals surface area contributed by atoms with Gasteiger partial charge in [-0.3, -0.25) is 0 Å². The van der Waals surface area contributed by atoms with Gasteiger partial charge in [0, 0.05) is 12.6 Å². The van der Waals surface area contributed by atoms with Gasteiger partial charge in [-0.15, -0.1) is 0 Å². The van der Waals surface area contributed by atoms with Crippen LogP contribution in [0.1, 0.15) is 40.0 Å². The smallest absolute Gasteiger partial charge is 0.00998 e. The molecule has 0 aromatic rings. The fourth-order valence-electron chi connectivity index (χ4n) is 2.57. The van der Waals surface area contributed by atoms with E-state index in [2.05, 4.69) is 44.7 Å². The zero-order valence-electron chi connectivity index (χ0n) is 13.1. The van der Waals surface area contributed by atoms with Gasteiger partial charge in [-0.1, -0.05) is 20.8 Å². The zero-order valence-corrected chi connectivity index (χ0v) is 13.1. The fraction of sp³-hybridized carbons (Fsp3) is 1.00. The van der Waals surface area contributed by atoms with Gasteiger partial charge < -0.3 is 15.5 Å². The molecule has 0 spiro atoms. The summed E-state index contributed by atoms with van der Waals surface area (Å²) in [4.78, 5) is 4.91. The van der Waals surface area contributed by atoms with Crippen LogP contribution in [0.2, 0.25) is 0 Å². The summed E-state index contributed by atoms with van der Waals surface area (Å²) in [7, 11) is 4.47. The van der Waals surface area contributed by atoms with E-state index in [-0.39, 0.29) is 5.41 Å². The Morgan fingerprint density at radius 3 is 2.33 bits per heavy atom. The first-order chi connectivity index (χ1) is 8.29. The van der Waals surface area contributed by atoms with E-state index in [9.17, 15) is 0 Å². The van der Waals surface area contributed by atoms with Gasteiger partial charge in [-0.05, 0) is 64.3 Å². The van der Waals surface area contributed by atoms with E-state index in [0.29, 0.717) is 6.04 Å². The highest BCUT2D eigenvalue weighted by Gasteiger charge is 2.22. The molecule has 0 aromatic carbocycles. The van der Waals surface area contributed by atoms with Gasteiger partial charge in [-0.25, -0.2) is 0 Å². The van der Waals surface area contributed by atoms with Crippen molar-refractivity contribution >= 4 is 0 Å². The highest BCUT2D eigenvalue weighted by molar-refractivity contribution is 4.78. The minimum absolute atomic E-state index is 0.231. The average molecular weight is 255 g/mol. The lowest BCUT2D eigenvalue weighted by atomic mass is 9.85. The minimum atomic E-state index is 0.231. The molecule has 3 nitrogen and oxygen atoms in total. The summed E-state index contributed by atoms with van der Waals surface area (Å²) in [6, 6.07) is 0.303. The molecule has 0 radical (unpaired) electrons. The number of nitrogens with zero attached hydrogens (tertiary/aromatic N) is 2. The Labute approximate surface area is 114 Å². The van der Waals surface area contributed by atoms with Crippen LogP contribution in [0.4, 0.5) is 0 Å². The molecule has 1 fully saturated rings. The standard InChI is InChI=1S/C15H33N3/c1-15(2,3)14(16)8-11-18(5)12-13-6-9-17(4)10-7-13/h13-14H,6-12,16H2,1-5H3. The van der Waals surface area contributed by atoms with Gasteiger partial charge in [0.2, 0.25) is 0 Å². The Morgan fingerprint density at radius 2 is 1.83 bits per heavy atom. The number of rotatable bonds is 5. The number of nitrogens with two attached hydrogens (primary N) is 1. The summed E-state index contributed by atoms with van der Waals surface area (Å²) in [6.45, 7) is 11.6. The Hall–Kier alpha value is -0.120. The SMILES string of the molecule is CN1CCC(CN(C)CCC(N)C(C)(C)C)CC1. The predicted molar refractivity (Wildman–Crippen MR) is 79.8 cm³/mol. The molecule has 0 aromatic heterocycles. The van der Waals surface area contributed by atoms with Crippen molar-refractivity contribution < 1.29 is 0 Å². The van der Waals surface area contributed by atoms with Gasteiger partial charge in [0.25, 0.3) is 0 Å². The van der Waals surface area contributed by atoms with E-state index in [1.165, 1.54) is 32.5 Å². The Bertz CT molecular complexity index is 226. The normalized spacial score (nSPS) is 21.5. The van der Waals surface area contributed by atoms with Crippen LogP contribution in [-0.4, -0.2) is 56.1 Å². The van der Waals surface area contributed by atoms with Crippen LogP contribution in [-0.2, 0) is 0 Å². The third-order valence-electron chi connectivity index (χ3n) is 4.34. The van der Waals surface area contributed by atoms with E-state index in [0.717, 1.165) is 18.9 Å². The molecule has 0 aliphatic carbocycles. The van der Waals surface area contributed by atoms with Crippen molar-refractivity contribution in [1.82, 2.24) is 9.80 Å². The first-order valence-electron chi connectivity index (χ1n) is 7.41. The van der Waals surface area contributed by atoms with Gasteiger partial charge in [-0.2, -0.15) is 0 Å². The molecule has 1 aliphatic rings. The number of likely N-dealkylation sites (tertiary alicyclic amines) is 1. The lowest BCUT2D eigenvalue weighted by molar-refractivity contribution is 0.169. The minimum Gasteiger partial charge on any atom is -0.327 e. The summed E-state index contributed by atoms with van der Waals surface area (Å²) in [5.74, 6) is 0.886. The molecule has 1 heterocycles. The largest absolute Gasteiger partial charge is 0.327 e. The summed E-state index contributed by atoms with van der Waals surface area (Å²) in [5.41, 5.74) is 6.45. The monoisotopic (exact) mass is 255 g/mol. The van der Waals surface area contributed by atoms with Crippen molar-refractivity contribution in [2.75, 3.05) is 40.3 Å². The van der Waals surface area contributed by atoms with E-state index < -0.39 is 0 Å². The molecule has 1 saturated heterocycles. The first-order valence-corrected chi connectivity index (χ1v) is 7.41. The molecule has 1 aliphatic heterocycles. The van der Waals surface area contributed by atoms with E-state index >= 15 is 0 Å². The van der Waals surface area contributed by atoms with Crippen molar-refractivity contribution in [1.29, 1.82) is 0 Å². The van der Waals surface area contributed by atoms with Crippen LogP contribution < -0.4 is 5.73 Å². The zero-order chi connectivity index (χ0) is 13.8. The first kappa shape index (κ1) is 15.9. The number of piperidine rings is 1. The van der Waals surface area contributed by atoms with Crippen molar-refractivity contribution in [3.8, 4) is 0 Å². The molecule has 1 rings (SSSR count). The number of hydrogen-bond acceptors (Lipinski definition) is 3. The van der Waals surface area contributed by atoms with Crippen LogP contribution >= 0.6 is 0 Å². The predicted octanol–water partition coefficient (Wildman–Crippen LogP) is 2.02. The third kappa shape index (κ3) is 5.68. The molecule has 18 heavy (non-hydrogen) atoms. The number of hydrogen-bond donors (Lipinski definition) is 1. The van der Waals surface area contributed by atoms with Crippen LogP contribution in [0.5, 0.6) is 0 Å². The van der Waals surface area contributed by atoms with Crippen LogP contribution in [0.25, 0.3) is 0 Å². The molecule has 0 bridgehead atoms. The summed E-state index contributed by atoms with van der Waals surface area (Å²) in [5, 5.41) is 0. The average Bonchev–Trinajstić information content (AvgIpc) is 2.28. The van der Waals surface area contributed by atoms with Crippen LogP contribution in [0, 0.1) is 11.3 Å². The molecule has 0 saturated carbocycles. The van der Waals surface area contributed by atoms with Crippen molar-refractivity contribution in [2.45, 2.75) is 46.1 Å². The second kappa shape index (κ2) is 6.88. The highest BCUT2D eigenvalue weighted by atomic mass is 15.1. The van der Waals surface area contributed by atoms with E-state index in [1.54, 1.807) is 0 Å². The third-order valence-corrected chi connectivity index (χ3v) is 4.34. The van der Waals surface area contributed by atoms with Crippen LogP contribution in [0.3, 0.4) is 0 Å². The van der Waals surface area contributed by atoms with E-state index in [4.69, 9.17) is 5.73 Å². The highest BCUT2D eigenvalue weighted by Crippen LogP contribution is 2.21. The maximum absolute atomic E-state index is 6.22. The molecule has 0 amide bonds. The van der Waals surface area contributed by atoms with Gasteiger partial charge in [0.15, 0.2) is 0 Å². The molecule has 1 atom stereocenters. The maximum atomic E-state index is 6.22. The summed E-state index contributed by atoms with van der Waals surface area (Å²) in [6.07, 6.45) is 3.81. The summed E-state index contributed by atoms with van der Waals surface area (Å²) >= 11 is 0. The van der Waals surface area contributed by atoms with Crippen molar-refractivity contribution in [2.24, 2.45) is 17.1 Å². The maximum Gasteiger partial charge on any atom is 0.00998 e. The van der Waals surface area contributed by atoms with Crippen molar-refractivity contribution in [3.05, 3.63) is 0 Å². The second-order valence-corrected chi connectivity index (χ2v) is 7.27. The Kier molecular flexibility index (Phi) is 6.09. The molecular formula is C15H33N3. The summed E-state index contributed by atoms with van der Waals surface area (Å²) < 4.78 is 0. The van der Waals surface area contributed by atoms with Crippen molar-refractivity contribution in [3.63, 3.8) is 0 Å². The lowest BCUT2D eigenvalue weighted by Gasteiger charge is -2.33. The van der Waals surface area contributed by atoms with E-state index in [1.807, 2.05) is 0 Å². The van der Waals surface area contributed by atoms with Gasteiger partial charge in [0.1, 0.15) is 0 Å². The molecule has 108 valence electrons. The topological polar surface area (TPSA) is 32.5 Å². The molecular weight excluding hydrogens is 222 g/mol.